The molecule has 9 heteroatoms. The molecular formula is C25H34F2N4O3. The van der Waals surface area contributed by atoms with Crippen LogP contribution in [0, 0.1) is 17.8 Å². The molecule has 1 saturated heterocycles. The first-order valence-corrected chi connectivity index (χ1v) is 12.8. The Kier molecular flexibility index (Phi) is 5.19. The fraction of sp³-hybridized carbons (Fsp3) is 0.800. The van der Waals surface area contributed by atoms with Gasteiger partial charge in [0.2, 0.25) is 11.9 Å². The Morgan fingerprint density at radius 2 is 1.76 bits per heavy atom. The minimum absolute atomic E-state index is 0.0125. The molecule has 4 atom stereocenters. The number of ether oxygens (including phenoxy) is 1. The number of alkyl halides is 2. The maximum absolute atomic E-state index is 13.8. The average molecular weight is 477 g/mol. The van der Waals surface area contributed by atoms with Crippen molar-refractivity contribution < 1.29 is 23.4 Å². The van der Waals surface area contributed by atoms with Gasteiger partial charge in [-0.25, -0.2) is 18.7 Å². The summed E-state index contributed by atoms with van der Waals surface area (Å²) in [6, 6.07) is 0.0145. The minimum atomic E-state index is -2.71. The summed E-state index contributed by atoms with van der Waals surface area (Å²) in [4.78, 5) is 24.7. The number of rotatable bonds is 4. The van der Waals surface area contributed by atoms with Crippen molar-refractivity contribution in [2.75, 3.05) is 18.0 Å². The monoisotopic (exact) mass is 476 g/mol. The minimum Gasteiger partial charge on any atom is -0.390 e. The van der Waals surface area contributed by atoms with Gasteiger partial charge in [-0.3, -0.25) is 4.79 Å². The SMILES string of the molecule is C[C@@H]1CN(c2ncc(C(=O)N[C@H]3C4CC5CC3C[C@@](O)(C5)C4)c(C3CC(F)(F)C3)n2)C[C@H](C)O1. The second-order valence-electron chi connectivity index (χ2n) is 11.8. The van der Waals surface area contributed by atoms with Gasteiger partial charge in [-0.05, 0) is 63.7 Å². The summed E-state index contributed by atoms with van der Waals surface area (Å²) in [5.41, 5.74) is 0.172. The third kappa shape index (κ3) is 3.98. The summed E-state index contributed by atoms with van der Waals surface area (Å²) in [7, 11) is 0. The van der Waals surface area contributed by atoms with Crippen LogP contribution >= 0.6 is 0 Å². The number of carbonyl (C=O) groups is 1. The van der Waals surface area contributed by atoms with Crippen LogP contribution in [0.25, 0.3) is 0 Å². The van der Waals surface area contributed by atoms with E-state index in [0.29, 0.717) is 36.2 Å². The van der Waals surface area contributed by atoms with E-state index in [-0.39, 0.29) is 48.8 Å². The Hall–Kier alpha value is -1.87. The van der Waals surface area contributed by atoms with Crippen molar-refractivity contribution in [1.82, 2.24) is 15.3 Å². The number of aliphatic hydroxyl groups is 1. The van der Waals surface area contributed by atoms with Crippen LogP contribution in [0.15, 0.2) is 6.20 Å². The van der Waals surface area contributed by atoms with Gasteiger partial charge in [0, 0.05) is 44.1 Å². The number of aromatic nitrogens is 2. The van der Waals surface area contributed by atoms with E-state index < -0.39 is 17.4 Å². The number of carbonyl (C=O) groups excluding carboxylic acids is 1. The van der Waals surface area contributed by atoms with Crippen LogP contribution in [0.1, 0.15) is 80.8 Å². The molecule has 0 spiro atoms. The molecule has 2 heterocycles. The zero-order chi connectivity index (χ0) is 23.8. The van der Waals surface area contributed by atoms with E-state index in [2.05, 4.69) is 10.3 Å². The van der Waals surface area contributed by atoms with Gasteiger partial charge >= 0.3 is 0 Å². The molecule has 1 aliphatic heterocycles. The van der Waals surface area contributed by atoms with E-state index in [1.165, 1.54) is 6.20 Å². The maximum atomic E-state index is 13.8. The Morgan fingerprint density at radius 3 is 2.35 bits per heavy atom. The normalized spacial score (nSPS) is 40.8. The van der Waals surface area contributed by atoms with Crippen LogP contribution in [0.3, 0.4) is 0 Å². The van der Waals surface area contributed by atoms with Crippen molar-refractivity contribution in [3.05, 3.63) is 17.5 Å². The molecule has 6 aliphatic rings. The summed E-state index contributed by atoms with van der Waals surface area (Å²) in [5, 5.41) is 14.1. The first kappa shape index (κ1) is 22.6. The molecule has 34 heavy (non-hydrogen) atoms. The van der Waals surface area contributed by atoms with Crippen molar-refractivity contribution in [3.63, 3.8) is 0 Å². The number of morpholine rings is 1. The van der Waals surface area contributed by atoms with Gasteiger partial charge in [0.25, 0.3) is 5.91 Å². The Bertz CT molecular complexity index is 957. The molecule has 1 aromatic rings. The summed E-state index contributed by atoms with van der Waals surface area (Å²) < 4.78 is 33.3. The van der Waals surface area contributed by atoms with Gasteiger partial charge in [0.05, 0.1) is 29.1 Å². The smallest absolute Gasteiger partial charge is 0.254 e. The number of nitrogens with zero attached hydrogens (tertiary/aromatic N) is 3. The highest BCUT2D eigenvalue weighted by molar-refractivity contribution is 5.95. The molecule has 1 aromatic heterocycles. The van der Waals surface area contributed by atoms with Gasteiger partial charge in [-0.2, -0.15) is 0 Å². The summed E-state index contributed by atoms with van der Waals surface area (Å²) in [6.07, 6.45) is 5.39. The highest BCUT2D eigenvalue weighted by Crippen LogP contribution is 2.56. The molecule has 5 aliphatic carbocycles. The molecule has 0 radical (unpaired) electrons. The van der Waals surface area contributed by atoms with E-state index >= 15 is 0 Å². The number of nitrogens with one attached hydrogen (secondary N) is 1. The fourth-order valence-corrected chi connectivity index (χ4v) is 7.67. The number of halogens is 2. The standard InChI is InChI=1S/C25H34F2N4O3/c1-13-11-31(12-14(2)34-13)23-28-10-19(21(30-23)18-8-25(26,27)9-18)22(32)29-20-16-3-15-4-17(20)7-24(33,5-15)6-16/h10,13-18,20,33H,3-9,11-12H2,1-2H3,(H,29,32)/t13-,14+,15?,16?,17?,20-,24+. The number of amides is 1. The maximum Gasteiger partial charge on any atom is 0.254 e. The first-order valence-electron chi connectivity index (χ1n) is 12.8. The second kappa shape index (κ2) is 7.82. The molecule has 1 amide bonds. The van der Waals surface area contributed by atoms with Crippen LogP contribution in [-0.2, 0) is 4.74 Å². The number of hydrogen-bond acceptors (Lipinski definition) is 6. The predicted molar refractivity (Wildman–Crippen MR) is 121 cm³/mol. The van der Waals surface area contributed by atoms with Crippen molar-refractivity contribution in [3.8, 4) is 0 Å². The number of anilines is 1. The van der Waals surface area contributed by atoms with E-state index in [4.69, 9.17) is 9.72 Å². The van der Waals surface area contributed by atoms with E-state index in [1.54, 1.807) is 0 Å². The van der Waals surface area contributed by atoms with Gasteiger partial charge < -0.3 is 20.1 Å². The van der Waals surface area contributed by atoms with Crippen LogP contribution in [0.2, 0.25) is 0 Å². The highest BCUT2D eigenvalue weighted by Gasteiger charge is 2.55. The molecule has 6 fully saturated rings. The third-order valence-electron chi connectivity index (χ3n) is 8.77. The molecule has 4 bridgehead atoms. The lowest BCUT2D eigenvalue weighted by atomic mass is 9.52. The first-order chi connectivity index (χ1) is 16.1. The molecule has 7 nitrogen and oxygen atoms in total. The van der Waals surface area contributed by atoms with E-state index in [1.807, 2.05) is 18.7 Å². The van der Waals surface area contributed by atoms with Crippen molar-refractivity contribution in [2.24, 2.45) is 17.8 Å². The molecule has 2 N–H and O–H groups in total. The lowest BCUT2D eigenvalue weighted by Gasteiger charge is -2.58. The van der Waals surface area contributed by atoms with Crippen LogP contribution in [-0.4, -0.2) is 63.8 Å². The lowest BCUT2D eigenvalue weighted by Crippen LogP contribution is -2.61. The van der Waals surface area contributed by atoms with Crippen molar-refractivity contribution >= 4 is 11.9 Å². The van der Waals surface area contributed by atoms with E-state index in [9.17, 15) is 18.7 Å². The molecule has 5 saturated carbocycles. The summed E-state index contributed by atoms with van der Waals surface area (Å²) >= 11 is 0. The Morgan fingerprint density at radius 1 is 1.12 bits per heavy atom. The second-order valence-corrected chi connectivity index (χ2v) is 11.8. The lowest BCUT2D eigenvalue weighted by molar-refractivity contribution is -0.136. The average Bonchev–Trinajstić information content (AvgIpc) is 2.72. The predicted octanol–water partition coefficient (Wildman–Crippen LogP) is 3.27. The largest absolute Gasteiger partial charge is 0.390 e. The number of hydrogen-bond donors (Lipinski definition) is 2. The summed E-state index contributed by atoms with van der Waals surface area (Å²) in [5.74, 6) is -1.87. The van der Waals surface area contributed by atoms with Crippen LogP contribution in [0.5, 0.6) is 0 Å². The topological polar surface area (TPSA) is 87.6 Å². The van der Waals surface area contributed by atoms with E-state index in [0.717, 1.165) is 32.1 Å². The quantitative estimate of drug-likeness (QED) is 0.694. The highest BCUT2D eigenvalue weighted by atomic mass is 19.3. The molecule has 7 rings (SSSR count). The third-order valence-corrected chi connectivity index (χ3v) is 8.77. The zero-order valence-electron chi connectivity index (χ0n) is 19.8. The molecule has 186 valence electrons. The molecular weight excluding hydrogens is 442 g/mol. The Labute approximate surface area is 198 Å². The Balaban J connectivity index is 1.25. The molecule has 0 aromatic carbocycles. The fourth-order valence-electron chi connectivity index (χ4n) is 7.67. The van der Waals surface area contributed by atoms with Gasteiger partial charge in [0.15, 0.2) is 0 Å². The van der Waals surface area contributed by atoms with Gasteiger partial charge in [-0.15, -0.1) is 0 Å². The molecule has 2 unspecified atom stereocenters. The van der Waals surface area contributed by atoms with Crippen LogP contribution in [0.4, 0.5) is 14.7 Å². The zero-order valence-corrected chi connectivity index (χ0v) is 19.8. The van der Waals surface area contributed by atoms with Crippen molar-refractivity contribution in [1.29, 1.82) is 0 Å². The van der Waals surface area contributed by atoms with Gasteiger partial charge in [-0.1, -0.05) is 0 Å². The van der Waals surface area contributed by atoms with Crippen molar-refractivity contribution in [2.45, 2.75) is 94.5 Å². The van der Waals surface area contributed by atoms with Gasteiger partial charge in [0.1, 0.15) is 0 Å². The van der Waals surface area contributed by atoms with Crippen LogP contribution < -0.4 is 10.2 Å². The summed E-state index contributed by atoms with van der Waals surface area (Å²) in [6.45, 7) is 5.20.